The number of carbonyl (C=O) groups is 1. The highest BCUT2D eigenvalue weighted by Crippen LogP contribution is 2.24. The molecule has 0 aliphatic rings. The number of aromatic nitrogens is 3. The Morgan fingerprint density at radius 1 is 1.09 bits per heavy atom. The van der Waals surface area contributed by atoms with Crippen LogP contribution in [0.5, 0.6) is 0 Å². The number of amides is 1. The van der Waals surface area contributed by atoms with Crippen molar-refractivity contribution in [2.75, 3.05) is 6.26 Å². The van der Waals surface area contributed by atoms with Gasteiger partial charge >= 0.3 is 0 Å². The zero-order valence-electron chi connectivity index (χ0n) is 17.5. The van der Waals surface area contributed by atoms with Gasteiger partial charge in [0, 0.05) is 17.8 Å². The smallest absolute Gasteiger partial charge is 0.252 e. The minimum absolute atomic E-state index is 0.0135. The number of fused-ring (bicyclic) bond motifs is 1. The first-order valence-electron chi connectivity index (χ1n) is 9.97. The Kier molecular flexibility index (Phi) is 5.75. The SMILES string of the molecule is CC[C@H](NC(=O)c1cccc2c1cnn2-c1ccc(F)cc1)c1ccc(S(C)(=O)=O)nc1. The molecule has 0 radical (unpaired) electrons. The van der Waals surface area contributed by atoms with Gasteiger partial charge in [0.1, 0.15) is 5.82 Å². The van der Waals surface area contributed by atoms with Crippen LogP contribution in [-0.4, -0.2) is 35.3 Å². The fourth-order valence-electron chi connectivity index (χ4n) is 3.51. The first kappa shape index (κ1) is 21.6. The molecule has 9 heteroatoms. The zero-order valence-corrected chi connectivity index (χ0v) is 18.3. The summed E-state index contributed by atoms with van der Waals surface area (Å²) in [7, 11) is -3.39. The standard InChI is InChI=1S/C23H21FN4O3S/c1-3-20(15-7-12-22(25-13-15)32(2,30)31)27-23(29)18-5-4-6-21-19(18)14-26-28(21)17-10-8-16(24)9-11-17/h4-14,20H,3H2,1-2H3,(H,27,29)/t20-/m0/s1. The van der Waals surface area contributed by atoms with Crippen LogP contribution in [-0.2, 0) is 9.84 Å². The molecule has 2 aromatic carbocycles. The first-order chi connectivity index (χ1) is 15.3. The molecule has 0 spiro atoms. The molecule has 4 rings (SSSR count). The highest BCUT2D eigenvalue weighted by Gasteiger charge is 2.19. The largest absolute Gasteiger partial charge is 0.345 e. The van der Waals surface area contributed by atoms with Crippen LogP contribution in [0.15, 0.2) is 72.0 Å². The van der Waals surface area contributed by atoms with Crippen LogP contribution < -0.4 is 5.32 Å². The number of pyridine rings is 1. The molecule has 7 nitrogen and oxygen atoms in total. The maximum atomic E-state index is 13.3. The second-order valence-corrected chi connectivity index (χ2v) is 9.37. The lowest BCUT2D eigenvalue weighted by molar-refractivity contribution is 0.0937. The molecule has 4 aromatic rings. The van der Waals surface area contributed by atoms with E-state index in [-0.39, 0.29) is 22.8 Å². The van der Waals surface area contributed by atoms with Crippen molar-refractivity contribution in [2.24, 2.45) is 0 Å². The Morgan fingerprint density at radius 3 is 2.47 bits per heavy atom. The molecule has 2 aromatic heterocycles. The summed E-state index contributed by atoms with van der Waals surface area (Å²) in [6.07, 6.45) is 4.77. The third-order valence-corrected chi connectivity index (χ3v) is 6.19. The van der Waals surface area contributed by atoms with Crippen molar-refractivity contribution in [3.63, 3.8) is 0 Å². The van der Waals surface area contributed by atoms with Crippen molar-refractivity contribution >= 4 is 26.6 Å². The highest BCUT2D eigenvalue weighted by atomic mass is 32.2. The van der Waals surface area contributed by atoms with E-state index in [1.54, 1.807) is 41.2 Å². The lowest BCUT2D eigenvalue weighted by atomic mass is 10.0. The van der Waals surface area contributed by atoms with Gasteiger partial charge in [-0.15, -0.1) is 0 Å². The lowest BCUT2D eigenvalue weighted by Crippen LogP contribution is -2.28. The Morgan fingerprint density at radius 2 is 1.84 bits per heavy atom. The van der Waals surface area contributed by atoms with Crippen LogP contribution in [0.3, 0.4) is 0 Å². The highest BCUT2D eigenvalue weighted by molar-refractivity contribution is 7.90. The minimum atomic E-state index is -3.39. The summed E-state index contributed by atoms with van der Waals surface area (Å²) in [4.78, 5) is 17.1. The number of halogens is 1. The number of carbonyl (C=O) groups excluding carboxylic acids is 1. The van der Waals surface area contributed by atoms with Crippen LogP contribution in [0.25, 0.3) is 16.6 Å². The fraction of sp³-hybridized carbons (Fsp3) is 0.174. The molecule has 0 unspecified atom stereocenters. The van der Waals surface area contributed by atoms with E-state index < -0.39 is 9.84 Å². The molecule has 1 amide bonds. The van der Waals surface area contributed by atoms with E-state index in [1.165, 1.54) is 24.4 Å². The monoisotopic (exact) mass is 452 g/mol. The van der Waals surface area contributed by atoms with E-state index in [0.29, 0.717) is 28.6 Å². The third kappa shape index (κ3) is 4.24. The Balaban J connectivity index is 1.62. The summed E-state index contributed by atoms with van der Waals surface area (Å²) in [6, 6.07) is 14.0. The number of benzene rings is 2. The number of hydrogen-bond donors (Lipinski definition) is 1. The van der Waals surface area contributed by atoms with Crippen molar-refractivity contribution in [1.29, 1.82) is 0 Å². The van der Waals surface area contributed by atoms with Gasteiger partial charge in [-0.2, -0.15) is 5.10 Å². The summed E-state index contributed by atoms with van der Waals surface area (Å²) in [5.74, 6) is -0.622. The van der Waals surface area contributed by atoms with Crippen LogP contribution in [0.1, 0.15) is 35.3 Å². The van der Waals surface area contributed by atoms with Crippen molar-refractivity contribution in [2.45, 2.75) is 24.4 Å². The molecule has 0 aliphatic heterocycles. The quantitative estimate of drug-likeness (QED) is 0.480. The molecule has 32 heavy (non-hydrogen) atoms. The molecule has 0 aliphatic carbocycles. The zero-order chi connectivity index (χ0) is 22.9. The number of nitrogens with zero attached hydrogens (tertiary/aromatic N) is 3. The van der Waals surface area contributed by atoms with Gasteiger partial charge in [-0.1, -0.05) is 19.1 Å². The van der Waals surface area contributed by atoms with E-state index >= 15 is 0 Å². The maximum absolute atomic E-state index is 13.3. The molecule has 0 saturated heterocycles. The minimum Gasteiger partial charge on any atom is -0.345 e. The van der Waals surface area contributed by atoms with Crippen molar-refractivity contribution in [1.82, 2.24) is 20.1 Å². The lowest BCUT2D eigenvalue weighted by Gasteiger charge is -2.18. The number of sulfone groups is 1. The molecule has 164 valence electrons. The summed E-state index contributed by atoms with van der Waals surface area (Å²) in [5, 5.41) is 8.02. The second kappa shape index (κ2) is 8.51. The van der Waals surface area contributed by atoms with E-state index in [1.807, 2.05) is 13.0 Å². The van der Waals surface area contributed by atoms with Gasteiger partial charge in [-0.3, -0.25) is 4.79 Å². The predicted molar refractivity (Wildman–Crippen MR) is 119 cm³/mol. The van der Waals surface area contributed by atoms with Gasteiger partial charge in [0.25, 0.3) is 5.91 Å². The van der Waals surface area contributed by atoms with E-state index in [4.69, 9.17) is 0 Å². The summed E-state index contributed by atoms with van der Waals surface area (Å²) < 4.78 is 38.2. The van der Waals surface area contributed by atoms with Crippen LogP contribution in [0.4, 0.5) is 4.39 Å². The topological polar surface area (TPSA) is 94.0 Å². The molecular formula is C23H21FN4O3S. The van der Waals surface area contributed by atoms with Gasteiger partial charge in [-0.25, -0.2) is 22.5 Å². The first-order valence-corrected chi connectivity index (χ1v) is 11.9. The van der Waals surface area contributed by atoms with Gasteiger partial charge in [0.2, 0.25) is 0 Å². The average Bonchev–Trinajstić information content (AvgIpc) is 3.21. The fourth-order valence-corrected chi connectivity index (χ4v) is 4.07. The van der Waals surface area contributed by atoms with Gasteiger partial charge in [-0.05, 0) is 54.4 Å². The molecular weight excluding hydrogens is 431 g/mol. The molecule has 0 fully saturated rings. The Hall–Kier alpha value is -3.59. The number of nitrogens with one attached hydrogen (secondary N) is 1. The summed E-state index contributed by atoms with van der Waals surface area (Å²) in [6.45, 7) is 1.92. The van der Waals surface area contributed by atoms with E-state index in [2.05, 4.69) is 15.4 Å². The normalized spacial score (nSPS) is 12.6. The Labute approximate surface area is 184 Å². The summed E-state index contributed by atoms with van der Waals surface area (Å²) in [5.41, 5.74) is 2.57. The van der Waals surface area contributed by atoms with Crippen LogP contribution in [0.2, 0.25) is 0 Å². The Bertz CT molecular complexity index is 1380. The number of hydrogen-bond acceptors (Lipinski definition) is 5. The van der Waals surface area contributed by atoms with Crippen molar-refractivity contribution in [3.8, 4) is 5.69 Å². The maximum Gasteiger partial charge on any atom is 0.252 e. The van der Waals surface area contributed by atoms with Crippen molar-refractivity contribution in [3.05, 3.63) is 83.9 Å². The van der Waals surface area contributed by atoms with Gasteiger partial charge in [0.15, 0.2) is 14.9 Å². The van der Waals surface area contributed by atoms with Crippen LogP contribution in [0, 0.1) is 5.82 Å². The van der Waals surface area contributed by atoms with E-state index in [0.717, 1.165) is 11.8 Å². The molecule has 0 bridgehead atoms. The van der Waals surface area contributed by atoms with Gasteiger partial charge < -0.3 is 5.32 Å². The predicted octanol–water partition coefficient (Wildman–Crippen LogP) is 3.84. The number of rotatable bonds is 6. The second-order valence-electron chi connectivity index (χ2n) is 7.41. The molecule has 1 N–H and O–H groups in total. The average molecular weight is 453 g/mol. The van der Waals surface area contributed by atoms with E-state index in [9.17, 15) is 17.6 Å². The molecule has 2 heterocycles. The summed E-state index contributed by atoms with van der Waals surface area (Å²) >= 11 is 0. The van der Waals surface area contributed by atoms with Crippen LogP contribution >= 0.6 is 0 Å². The van der Waals surface area contributed by atoms with Gasteiger partial charge in [0.05, 0.1) is 29.0 Å². The third-order valence-electron chi connectivity index (χ3n) is 5.18. The van der Waals surface area contributed by atoms with Crippen molar-refractivity contribution < 1.29 is 17.6 Å². The molecule has 1 atom stereocenters. The molecule has 0 saturated carbocycles.